The van der Waals surface area contributed by atoms with Gasteiger partial charge in [-0.1, -0.05) is 135 Å². The molecule has 0 aliphatic carbocycles. The first-order chi connectivity index (χ1) is 70.6. The highest BCUT2D eigenvalue weighted by Gasteiger charge is 2.55. The van der Waals surface area contributed by atoms with Gasteiger partial charge in [-0.3, -0.25) is 69.8 Å². The Bertz CT molecular complexity index is 6940. The van der Waals surface area contributed by atoms with Crippen LogP contribution >= 0.6 is 68.8 Å². The van der Waals surface area contributed by atoms with E-state index in [4.69, 9.17) is 72.6 Å². The number of aliphatic carboxylic acids is 2. The van der Waals surface area contributed by atoms with Crippen molar-refractivity contribution in [1.29, 1.82) is 0 Å². The summed E-state index contributed by atoms with van der Waals surface area (Å²) in [4.78, 5) is 246. The second-order valence-corrected chi connectivity index (χ2v) is 42.3. The largest absolute Gasteiger partial charge is 0.778 e. The third-order valence-electron chi connectivity index (χ3n) is 20.1. The number of carboxylic acids is 2. The molecule has 62 heteroatoms. The Balaban J connectivity index is 0.000000212. The van der Waals surface area contributed by atoms with Crippen LogP contribution < -0.4 is 93.2 Å². The molecule has 3 saturated heterocycles. The van der Waals surface area contributed by atoms with Gasteiger partial charge >= 0.3 is 65.4 Å². The van der Waals surface area contributed by atoms with Crippen LogP contribution in [0.1, 0.15) is 78.4 Å². The van der Waals surface area contributed by atoms with Gasteiger partial charge in [0.05, 0.1) is 30.9 Å². The van der Waals surface area contributed by atoms with Gasteiger partial charge in [0.25, 0.3) is 29.0 Å². The highest BCUT2D eigenvalue weighted by atomic mass is 127. The number of benzene rings is 7. The predicted octanol–water partition coefficient (Wildman–Crippen LogP) is 5.42. The number of aromatic amines is 1. The Morgan fingerprint density at radius 2 is 0.866 bits per heavy atom. The second kappa shape index (κ2) is 53.3. The number of urea groups is 1. The van der Waals surface area contributed by atoms with Gasteiger partial charge in [-0.2, -0.15) is 9.97 Å². The van der Waals surface area contributed by atoms with E-state index in [0.717, 1.165) is 50.8 Å². The van der Waals surface area contributed by atoms with Gasteiger partial charge in [0, 0.05) is 51.8 Å². The number of nitrogens with two attached hydrogens (primary N) is 1. The summed E-state index contributed by atoms with van der Waals surface area (Å²) in [5.74, 6) is -5.87. The number of rotatable bonds is 42. The molecule has 19 atom stereocenters. The molecule has 3 aliphatic heterocycles. The molecule has 796 valence electrons. The predicted molar refractivity (Wildman–Crippen MR) is 504 cm³/mol. The number of phosphoric ester groups is 3. The highest BCUT2D eigenvalue weighted by molar-refractivity contribution is 14.1. The number of halogens is 1. The SMILES string of the molecule is CCCCC(=O)Nc1ccn([C@@H]2O[C@H](COP(=O)([O-])OP(=O)([O-])CC(=O)O)C(OC(=O)Oc3ccccc3)[C@@H]2OC(=O)Oc2ccccc2)c(=O)n1.NC(CCCP(=O)([O-])OP(=O)([O-])OC[C@H]1O[C@@H](n2ccc(NC(=O)Nc3ccccc3)nc2=O)[C@@H](OC(=O)Oc2ccccc2)C1O)C(=O)O.O=C(OC1[C@@H](COP(=O)([O-])OP(=O)([O-])c2ccccc2I)O[C@@H](n2ccc(=O)[nH]c2=O)[C@H]1OC(=O)c1ccccc1)c1ccccc1. The van der Waals surface area contributed by atoms with E-state index in [0.29, 0.717) is 12.1 Å². The van der Waals surface area contributed by atoms with E-state index in [9.17, 15) is 124 Å². The number of carbonyl (C=O) groups excluding carboxylic acids is 7. The Hall–Kier alpha value is -13.2. The number of para-hydroxylation sites is 4. The summed E-state index contributed by atoms with van der Waals surface area (Å²) >= 11 is 1.69. The molecule has 7 aromatic carbocycles. The summed E-state index contributed by atoms with van der Waals surface area (Å²) in [6, 6.07) is 52.9. The molecule has 13 rings (SSSR count). The number of esters is 2. The number of aromatic nitrogens is 6. The van der Waals surface area contributed by atoms with E-state index in [1.165, 1.54) is 115 Å². The Kier molecular flexibility index (Phi) is 41.6. The van der Waals surface area contributed by atoms with Crippen molar-refractivity contribution in [1.82, 2.24) is 28.7 Å². The molecule has 3 aromatic heterocycles. The third kappa shape index (κ3) is 35.5. The fourth-order valence-electron chi connectivity index (χ4n) is 13.5. The quantitative estimate of drug-likeness (QED) is 0.00777. The first kappa shape index (κ1) is 116. The maximum absolute atomic E-state index is 13.2. The molecule has 149 heavy (non-hydrogen) atoms. The Morgan fingerprint density at radius 1 is 0.470 bits per heavy atom. The Labute approximate surface area is 852 Å². The van der Waals surface area contributed by atoms with E-state index < -0.39 is 240 Å². The average molecular weight is 2300 g/mol. The van der Waals surface area contributed by atoms with Crippen molar-refractivity contribution in [2.75, 3.05) is 48.1 Å². The van der Waals surface area contributed by atoms with Gasteiger partial charge in [-0.15, -0.1) is 0 Å². The van der Waals surface area contributed by atoms with Crippen LogP contribution in [0, 0.1) is 3.57 Å². The number of anilines is 3. The van der Waals surface area contributed by atoms with Crippen LogP contribution in [-0.2, 0) is 106 Å². The highest BCUT2D eigenvalue weighted by Crippen LogP contribution is 2.58. The van der Waals surface area contributed by atoms with E-state index in [1.807, 2.05) is 11.9 Å². The number of phosphoric acid groups is 3. The van der Waals surface area contributed by atoms with Crippen molar-refractivity contribution in [2.45, 2.75) is 119 Å². The average Bonchev–Trinajstić information content (AvgIpc) is 1.63. The monoisotopic (exact) mass is 2300 g/mol. The minimum atomic E-state index is -5.86. The molecule has 6 heterocycles. The maximum Gasteiger partial charge on any atom is 0.514 e. The molecule has 55 nitrogen and oxygen atoms in total. The number of hydrogen-bond acceptors (Lipinski definition) is 46. The number of nitrogens with zero attached hydrogens (tertiary/aromatic N) is 5. The topological polar surface area (TPSA) is 799 Å². The summed E-state index contributed by atoms with van der Waals surface area (Å²) in [5.41, 5.74) is 1.98. The zero-order valence-corrected chi connectivity index (χ0v) is 84.1. The van der Waals surface area contributed by atoms with Crippen LogP contribution in [-0.4, -0.2) is 191 Å². The molecule has 10 aromatic rings. The molecule has 10 unspecified atom stereocenters. The molecule has 3 aliphatic rings. The molecule has 0 bridgehead atoms. The van der Waals surface area contributed by atoms with Crippen LogP contribution in [0.15, 0.2) is 262 Å². The summed E-state index contributed by atoms with van der Waals surface area (Å²) in [7, 11) is -33.0. The van der Waals surface area contributed by atoms with Gasteiger partial charge in [0.15, 0.2) is 64.4 Å². The standard InChI is InChI=1S/C30H33N3O17P2.C29H25IN2O13P2.C28H33N5O15P2/c1-2-3-14-23(34)31-22-15-16-33(28(37)32-22)27-26(49-30(39)46-20-12-8-5-9-13-20)25(48-29(38)45-19-10-6-4-7-11-19)21(47-27)17-44-52(42,43)50-51(40,41)18-24(35)36;30-20-13-7-8-14-22(20)46(37,38)45-47(39,40)41-17-21-24(43-27(34)18-9-3-1-4-10-18)25(44-28(35)19-11-5-2-6-12-19)26(42-21)32-16-15-23(33)31-29(32)36;29-19(25(35)36)12-7-15-49(40,41)48-50(42,43)44-16-20-22(34)23(47-28(39)45-18-10-5-2-6-11-18)24(46-20)33-14-13-21(32-27(33)38)31-26(37)30-17-8-3-1-4-9-17/h4-13,15-16,21,25-27H,2-3,14,17-18H2,1H3,(H,35,36)(H,40,41)(H,42,43)(H,31,32,34,37);1-16,21,24-26H,17H2,(H,37,38)(H,39,40)(H,31,33,36);1-6,8-11,13-14,19-20,22-24,34H,7,12,15-16,29H2,(H,35,36)(H,40,41)(H,42,43)(H2,30,31,32,37,38)/p-6/t21-,25?,26+,27-;21-,24?,25+,26-;19?,20-,22?,23+,24-/m111/s1. The fraction of sp³-hybridized carbons (Fsp3) is 0.276. The van der Waals surface area contributed by atoms with E-state index in [1.54, 1.807) is 120 Å². The van der Waals surface area contributed by atoms with Crippen molar-refractivity contribution in [3.05, 3.63) is 300 Å². The molecule has 0 saturated carbocycles. The van der Waals surface area contributed by atoms with Crippen LogP contribution in [0.2, 0.25) is 0 Å². The number of aliphatic hydroxyl groups is 1. The fourth-order valence-corrected chi connectivity index (χ4v) is 22.2. The molecule has 0 radical (unpaired) electrons. The summed E-state index contributed by atoms with van der Waals surface area (Å²) < 4.78 is 164. The summed E-state index contributed by atoms with van der Waals surface area (Å²) in [6.45, 7) is -1.44. The zero-order valence-electron chi connectivity index (χ0n) is 76.5. The van der Waals surface area contributed by atoms with Crippen molar-refractivity contribution < 1.29 is 194 Å². The third-order valence-corrected chi connectivity index (χ3v) is 30.7. The smallest absolute Gasteiger partial charge is 0.514 e. The minimum Gasteiger partial charge on any atom is -0.778 e. The first-order valence-electron chi connectivity index (χ1n) is 43.4. The number of H-pyrrole nitrogens is 1. The van der Waals surface area contributed by atoms with Crippen LogP contribution in [0.4, 0.5) is 36.5 Å². The second-order valence-electron chi connectivity index (χ2n) is 31.0. The summed E-state index contributed by atoms with van der Waals surface area (Å²) in [6.07, 6.45) is -23.6. The number of carbonyl (C=O) groups is 9. The lowest BCUT2D eigenvalue weighted by atomic mass is 10.1. The normalized spacial score (nSPS) is 21.2. The van der Waals surface area contributed by atoms with E-state index in [2.05, 4.69) is 47.9 Å². The van der Waals surface area contributed by atoms with Gasteiger partial charge in [0.2, 0.25) is 5.91 Å². The molecule has 3 fully saturated rings. The lowest BCUT2D eigenvalue weighted by Crippen LogP contribution is -2.43. The molecular formula is C87H85IN10O45P6-6. The number of aliphatic hydroxyl groups excluding tert-OH is 1. The van der Waals surface area contributed by atoms with Gasteiger partial charge in [0.1, 0.15) is 73.1 Å². The molecule has 0 spiro atoms. The lowest BCUT2D eigenvalue weighted by molar-refractivity contribution is -0.236. The molecule has 3 amide bonds. The number of hydrogen-bond donors (Lipinski definition) is 8. The number of unbranched alkanes of at least 4 members (excludes halogenated alkanes) is 1. The van der Waals surface area contributed by atoms with Crippen LogP contribution in [0.3, 0.4) is 0 Å². The van der Waals surface area contributed by atoms with Crippen molar-refractivity contribution in [3.8, 4) is 17.2 Å². The zero-order chi connectivity index (χ0) is 108. The van der Waals surface area contributed by atoms with Gasteiger partial charge in [-0.25, -0.2) is 43.2 Å². The van der Waals surface area contributed by atoms with Crippen LogP contribution in [0.25, 0.3) is 0 Å². The van der Waals surface area contributed by atoms with Gasteiger partial charge < -0.3 is 140 Å². The van der Waals surface area contributed by atoms with Gasteiger partial charge in [-0.05, 0) is 139 Å². The molecular weight excluding hydrogens is 2220 g/mol. The van der Waals surface area contributed by atoms with Crippen molar-refractivity contribution in [3.63, 3.8) is 0 Å². The lowest BCUT2D eigenvalue weighted by Gasteiger charge is -2.32. The summed E-state index contributed by atoms with van der Waals surface area (Å²) in [5, 5.41) is 35.5. The number of amides is 3. The van der Waals surface area contributed by atoms with E-state index in [-0.39, 0.29) is 62.8 Å². The van der Waals surface area contributed by atoms with Crippen molar-refractivity contribution in [2.24, 2.45) is 5.73 Å². The van der Waals surface area contributed by atoms with Crippen LogP contribution in [0.5, 0.6) is 17.2 Å². The number of ether oxygens (including phenoxy) is 11. The molecule has 9 N–H and O–H groups in total. The number of nitrogens with one attached hydrogen (secondary N) is 4. The van der Waals surface area contributed by atoms with Crippen molar-refractivity contribution >= 4 is 146 Å². The van der Waals surface area contributed by atoms with E-state index >= 15 is 0 Å². The Morgan fingerprint density at radius 3 is 1.34 bits per heavy atom. The first-order valence-corrected chi connectivity index (χ1v) is 53.8. The minimum absolute atomic E-state index is 0.00389. The number of carboxylic acid groups (broad SMARTS) is 2. The maximum atomic E-state index is 13.2.